The number of methoxy groups -OCH3 is 3. The van der Waals surface area contributed by atoms with Gasteiger partial charge in [-0.1, -0.05) is 12.1 Å². The van der Waals surface area contributed by atoms with E-state index in [2.05, 4.69) is 22.0 Å². The zero-order chi connectivity index (χ0) is 18.5. The number of benzene rings is 1. The van der Waals surface area contributed by atoms with Crippen molar-refractivity contribution in [1.82, 2.24) is 19.7 Å². The quantitative estimate of drug-likeness (QED) is 0.612. The van der Waals surface area contributed by atoms with Crippen molar-refractivity contribution >= 4 is 0 Å². The average molecular weight is 358 g/mol. The lowest BCUT2D eigenvalue weighted by Gasteiger charge is -2.13. The van der Waals surface area contributed by atoms with E-state index in [4.69, 9.17) is 18.7 Å². The molecule has 0 spiro atoms. The van der Waals surface area contributed by atoms with Gasteiger partial charge in [-0.05, 0) is 18.6 Å². The van der Waals surface area contributed by atoms with Crippen LogP contribution in [0.4, 0.5) is 0 Å². The maximum absolute atomic E-state index is 5.49. The molecule has 0 radical (unpaired) electrons. The Kier molecular flexibility index (Phi) is 5.40. The summed E-state index contributed by atoms with van der Waals surface area (Å²) in [7, 11) is 4.69. The number of ether oxygens (including phenoxy) is 3. The fourth-order valence-electron chi connectivity index (χ4n) is 2.79. The molecule has 3 aromatic rings. The zero-order valence-electron chi connectivity index (χ0n) is 15.4. The Morgan fingerprint density at radius 3 is 2.58 bits per heavy atom. The second-order valence-corrected chi connectivity index (χ2v) is 5.61. The lowest BCUT2D eigenvalue weighted by molar-refractivity contribution is 0.325. The van der Waals surface area contributed by atoms with E-state index in [1.54, 1.807) is 33.6 Å². The van der Waals surface area contributed by atoms with Crippen LogP contribution in [0.15, 0.2) is 29.0 Å². The van der Waals surface area contributed by atoms with E-state index in [9.17, 15) is 0 Å². The minimum absolute atomic E-state index is 0.426. The number of hydrogen-bond donors (Lipinski definition) is 0. The molecular weight excluding hydrogens is 336 g/mol. The van der Waals surface area contributed by atoms with E-state index >= 15 is 0 Å². The summed E-state index contributed by atoms with van der Waals surface area (Å²) < 4.78 is 23.6. The molecule has 2 aromatic heterocycles. The lowest BCUT2D eigenvalue weighted by Crippen LogP contribution is -2.04. The maximum Gasteiger partial charge on any atom is 0.246 e. The van der Waals surface area contributed by atoms with Crippen LogP contribution in [-0.2, 0) is 13.0 Å². The van der Waals surface area contributed by atoms with Gasteiger partial charge in [-0.25, -0.2) is 4.98 Å². The summed E-state index contributed by atoms with van der Waals surface area (Å²) in [5.74, 6) is 3.46. The Balaban J connectivity index is 1.91. The largest absolute Gasteiger partial charge is 0.493 e. The SMILES string of the molecule is CCCc1nccn1Cc1nc(-c2ccc(OC)c(OC)c2OC)no1. The van der Waals surface area contributed by atoms with Crippen molar-refractivity contribution in [3.05, 3.63) is 36.2 Å². The highest BCUT2D eigenvalue weighted by atomic mass is 16.5. The van der Waals surface area contributed by atoms with Crippen molar-refractivity contribution in [2.75, 3.05) is 21.3 Å². The molecule has 0 unspecified atom stereocenters. The van der Waals surface area contributed by atoms with E-state index in [0.717, 1.165) is 18.7 Å². The summed E-state index contributed by atoms with van der Waals surface area (Å²) in [4.78, 5) is 8.85. The van der Waals surface area contributed by atoms with Crippen LogP contribution in [0.5, 0.6) is 17.2 Å². The molecule has 0 aliphatic carbocycles. The highest BCUT2D eigenvalue weighted by Gasteiger charge is 2.21. The predicted octanol–water partition coefficient (Wildman–Crippen LogP) is 2.96. The van der Waals surface area contributed by atoms with Crippen molar-refractivity contribution in [3.8, 4) is 28.6 Å². The van der Waals surface area contributed by atoms with Gasteiger partial charge in [-0.15, -0.1) is 0 Å². The van der Waals surface area contributed by atoms with Gasteiger partial charge >= 0.3 is 0 Å². The van der Waals surface area contributed by atoms with Gasteiger partial charge in [0.1, 0.15) is 12.4 Å². The molecule has 0 atom stereocenters. The first kappa shape index (κ1) is 17.8. The fourth-order valence-corrected chi connectivity index (χ4v) is 2.79. The van der Waals surface area contributed by atoms with Crippen LogP contribution in [-0.4, -0.2) is 41.0 Å². The molecule has 0 fully saturated rings. The van der Waals surface area contributed by atoms with Gasteiger partial charge in [0, 0.05) is 18.8 Å². The number of aromatic nitrogens is 4. The monoisotopic (exact) mass is 358 g/mol. The Labute approximate surface area is 151 Å². The van der Waals surface area contributed by atoms with Gasteiger partial charge < -0.3 is 23.3 Å². The van der Waals surface area contributed by atoms with Gasteiger partial charge in [0.05, 0.1) is 26.9 Å². The fraction of sp³-hybridized carbons (Fsp3) is 0.389. The second-order valence-electron chi connectivity index (χ2n) is 5.61. The maximum atomic E-state index is 5.49. The van der Waals surface area contributed by atoms with Crippen LogP contribution in [0.1, 0.15) is 25.1 Å². The van der Waals surface area contributed by atoms with Crippen LogP contribution in [0, 0.1) is 0 Å². The zero-order valence-corrected chi connectivity index (χ0v) is 15.4. The lowest BCUT2D eigenvalue weighted by atomic mass is 10.1. The molecule has 8 nitrogen and oxygen atoms in total. The molecule has 3 rings (SSSR count). The third-order valence-electron chi connectivity index (χ3n) is 3.99. The molecule has 0 aliphatic rings. The molecular formula is C18H22N4O4. The number of rotatable bonds is 8. The summed E-state index contributed by atoms with van der Waals surface area (Å²) in [6, 6.07) is 3.59. The standard InChI is InChI=1S/C18H22N4O4/c1-5-6-14-19-9-10-22(14)11-15-20-18(21-26-15)12-7-8-13(23-2)17(25-4)16(12)24-3/h7-10H,5-6,11H2,1-4H3. The third-order valence-corrected chi connectivity index (χ3v) is 3.99. The van der Waals surface area contributed by atoms with Crippen molar-refractivity contribution in [1.29, 1.82) is 0 Å². The van der Waals surface area contributed by atoms with Crippen molar-refractivity contribution in [2.24, 2.45) is 0 Å². The smallest absolute Gasteiger partial charge is 0.246 e. The topological polar surface area (TPSA) is 84.4 Å². The average Bonchev–Trinajstić information content (AvgIpc) is 3.30. The van der Waals surface area contributed by atoms with E-state index in [1.807, 2.05) is 16.8 Å². The van der Waals surface area contributed by atoms with Crippen molar-refractivity contribution in [2.45, 2.75) is 26.3 Å². The molecule has 0 saturated heterocycles. The van der Waals surface area contributed by atoms with Crippen LogP contribution in [0.3, 0.4) is 0 Å². The number of aryl methyl sites for hydroxylation is 1. The first-order chi connectivity index (χ1) is 12.7. The minimum Gasteiger partial charge on any atom is -0.493 e. The van der Waals surface area contributed by atoms with E-state index in [1.165, 1.54) is 0 Å². The van der Waals surface area contributed by atoms with Crippen molar-refractivity contribution in [3.63, 3.8) is 0 Å². The molecule has 1 aromatic carbocycles. The van der Waals surface area contributed by atoms with Crippen LogP contribution < -0.4 is 14.2 Å². The summed E-state index contributed by atoms with van der Waals surface area (Å²) in [6.07, 6.45) is 5.61. The first-order valence-electron chi connectivity index (χ1n) is 8.33. The van der Waals surface area contributed by atoms with E-state index in [-0.39, 0.29) is 0 Å². The molecule has 0 N–H and O–H groups in total. The molecule has 0 aliphatic heterocycles. The summed E-state index contributed by atoms with van der Waals surface area (Å²) in [5, 5.41) is 4.09. The Hall–Kier alpha value is -3.03. The summed E-state index contributed by atoms with van der Waals surface area (Å²) >= 11 is 0. The normalized spacial score (nSPS) is 10.8. The van der Waals surface area contributed by atoms with Crippen LogP contribution in [0.25, 0.3) is 11.4 Å². The highest BCUT2D eigenvalue weighted by molar-refractivity contribution is 5.71. The number of imidazole rings is 1. The Bertz CT molecular complexity index is 872. The predicted molar refractivity (Wildman–Crippen MR) is 94.7 cm³/mol. The molecule has 0 bridgehead atoms. The van der Waals surface area contributed by atoms with Crippen LogP contribution in [0.2, 0.25) is 0 Å². The third kappa shape index (κ3) is 3.35. The molecule has 8 heteroatoms. The van der Waals surface area contributed by atoms with Gasteiger partial charge in [0.15, 0.2) is 11.5 Å². The first-order valence-corrected chi connectivity index (χ1v) is 8.33. The van der Waals surface area contributed by atoms with E-state index in [0.29, 0.717) is 41.1 Å². The van der Waals surface area contributed by atoms with Crippen molar-refractivity contribution < 1.29 is 18.7 Å². The Morgan fingerprint density at radius 2 is 1.88 bits per heavy atom. The molecule has 2 heterocycles. The molecule has 0 saturated carbocycles. The second kappa shape index (κ2) is 7.90. The highest BCUT2D eigenvalue weighted by Crippen LogP contribution is 2.43. The van der Waals surface area contributed by atoms with Gasteiger partial charge in [0.25, 0.3) is 0 Å². The summed E-state index contributed by atoms with van der Waals surface area (Å²) in [6.45, 7) is 2.59. The van der Waals surface area contributed by atoms with Gasteiger partial charge in [-0.3, -0.25) is 0 Å². The molecule has 26 heavy (non-hydrogen) atoms. The number of hydrogen-bond acceptors (Lipinski definition) is 7. The summed E-state index contributed by atoms with van der Waals surface area (Å²) in [5.41, 5.74) is 0.666. The van der Waals surface area contributed by atoms with Crippen LogP contribution >= 0.6 is 0 Å². The minimum atomic E-state index is 0.426. The van der Waals surface area contributed by atoms with Gasteiger partial charge in [-0.2, -0.15) is 4.98 Å². The Morgan fingerprint density at radius 1 is 1.08 bits per heavy atom. The molecule has 0 amide bonds. The number of nitrogens with zero attached hydrogens (tertiary/aromatic N) is 4. The molecule has 138 valence electrons. The van der Waals surface area contributed by atoms with E-state index < -0.39 is 0 Å². The van der Waals surface area contributed by atoms with Gasteiger partial charge in [0.2, 0.25) is 17.5 Å².